The maximum absolute atomic E-state index is 12.3. The van der Waals surface area contributed by atoms with Gasteiger partial charge in [0.1, 0.15) is 17.1 Å². The van der Waals surface area contributed by atoms with Crippen molar-refractivity contribution in [2.24, 2.45) is 0 Å². The van der Waals surface area contributed by atoms with Gasteiger partial charge in [0.05, 0.1) is 12.3 Å². The first-order chi connectivity index (χ1) is 12.5. The molecule has 0 bridgehead atoms. The van der Waals surface area contributed by atoms with E-state index in [1.165, 1.54) is 25.3 Å². The number of carbonyl (C=O) groups excluding carboxylic acids is 1. The number of allylic oxidation sites excluding steroid dienone is 1. The van der Waals surface area contributed by atoms with E-state index in [4.69, 9.17) is 4.74 Å². The standard InChI is InChI=1S/C21H26N2O3/c1-4-5-6-7-14-26-18-11-8-17(9-12-18)10-13-19(24)20-15(2)22-16(3)23-21(20)25/h8-13H,4-7,14H2,1-3H3,(H,22,23,25). The van der Waals surface area contributed by atoms with Crippen LogP contribution in [0.25, 0.3) is 6.08 Å². The van der Waals surface area contributed by atoms with Crippen LogP contribution in [0.15, 0.2) is 35.1 Å². The number of rotatable bonds is 9. The zero-order valence-electron chi connectivity index (χ0n) is 15.7. The highest BCUT2D eigenvalue weighted by atomic mass is 16.5. The predicted octanol–water partition coefficient (Wildman–Crippen LogP) is 4.24. The van der Waals surface area contributed by atoms with Crippen molar-refractivity contribution in [1.29, 1.82) is 0 Å². The summed E-state index contributed by atoms with van der Waals surface area (Å²) >= 11 is 0. The van der Waals surface area contributed by atoms with E-state index in [1.54, 1.807) is 19.9 Å². The molecule has 0 aliphatic carbocycles. The molecular formula is C21H26N2O3. The highest BCUT2D eigenvalue weighted by molar-refractivity contribution is 6.07. The van der Waals surface area contributed by atoms with Crippen LogP contribution in [-0.2, 0) is 0 Å². The average molecular weight is 354 g/mol. The second-order valence-corrected chi connectivity index (χ2v) is 6.29. The van der Waals surface area contributed by atoms with Crippen LogP contribution in [0.1, 0.15) is 60.0 Å². The summed E-state index contributed by atoms with van der Waals surface area (Å²) in [6.45, 7) is 6.25. The van der Waals surface area contributed by atoms with Gasteiger partial charge in [0, 0.05) is 0 Å². The topological polar surface area (TPSA) is 72.0 Å². The molecule has 0 radical (unpaired) electrons. The number of nitrogens with one attached hydrogen (secondary N) is 1. The number of nitrogens with zero attached hydrogens (tertiary/aromatic N) is 1. The van der Waals surface area contributed by atoms with Crippen molar-refractivity contribution >= 4 is 11.9 Å². The van der Waals surface area contributed by atoms with E-state index in [0.29, 0.717) is 11.5 Å². The van der Waals surface area contributed by atoms with Gasteiger partial charge in [-0.15, -0.1) is 0 Å². The summed E-state index contributed by atoms with van der Waals surface area (Å²) in [5.41, 5.74) is 0.980. The Morgan fingerprint density at radius 3 is 2.54 bits per heavy atom. The molecule has 5 nitrogen and oxygen atoms in total. The molecule has 1 N–H and O–H groups in total. The lowest BCUT2D eigenvalue weighted by atomic mass is 10.1. The Labute approximate surface area is 154 Å². The number of ketones is 1. The number of aromatic amines is 1. The van der Waals surface area contributed by atoms with Gasteiger partial charge in [0.15, 0.2) is 5.78 Å². The van der Waals surface area contributed by atoms with E-state index in [1.807, 2.05) is 24.3 Å². The number of benzene rings is 1. The van der Waals surface area contributed by atoms with Gasteiger partial charge in [-0.2, -0.15) is 0 Å². The van der Waals surface area contributed by atoms with Crippen molar-refractivity contribution in [2.75, 3.05) is 6.61 Å². The van der Waals surface area contributed by atoms with E-state index < -0.39 is 5.56 Å². The minimum atomic E-state index is -0.406. The van der Waals surface area contributed by atoms with Crippen molar-refractivity contribution < 1.29 is 9.53 Å². The fraction of sp³-hybridized carbons (Fsp3) is 0.381. The number of carbonyl (C=O) groups is 1. The van der Waals surface area contributed by atoms with Crippen LogP contribution in [0.2, 0.25) is 0 Å². The molecule has 0 unspecified atom stereocenters. The van der Waals surface area contributed by atoms with Crippen LogP contribution in [0.3, 0.4) is 0 Å². The minimum absolute atomic E-state index is 0.0823. The summed E-state index contributed by atoms with van der Waals surface area (Å²) in [4.78, 5) is 31.0. The molecule has 1 aromatic carbocycles. The van der Waals surface area contributed by atoms with Gasteiger partial charge in [-0.3, -0.25) is 9.59 Å². The molecule has 1 aromatic heterocycles. The Hall–Kier alpha value is -2.69. The number of hydrogen-bond acceptors (Lipinski definition) is 4. The highest BCUT2D eigenvalue weighted by Crippen LogP contribution is 2.14. The number of H-pyrrole nitrogens is 1. The summed E-state index contributed by atoms with van der Waals surface area (Å²) in [5.74, 6) is 0.964. The molecule has 2 aromatic rings. The number of unbranched alkanes of at least 4 members (excludes halogenated alkanes) is 3. The molecule has 5 heteroatoms. The number of aromatic nitrogens is 2. The third-order valence-corrected chi connectivity index (χ3v) is 4.04. The molecule has 0 spiro atoms. The molecular weight excluding hydrogens is 328 g/mol. The van der Waals surface area contributed by atoms with Crippen LogP contribution in [0, 0.1) is 13.8 Å². The summed E-state index contributed by atoms with van der Waals surface area (Å²) < 4.78 is 5.70. The maximum Gasteiger partial charge on any atom is 0.262 e. The first-order valence-electron chi connectivity index (χ1n) is 9.04. The molecule has 2 rings (SSSR count). The third kappa shape index (κ3) is 5.69. The van der Waals surface area contributed by atoms with Gasteiger partial charge < -0.3 is 9.72 Å². The van der Waals surface area contributed by atoms with Crippen LogP contribution in [0.4, 0.5) is 0 Å². The highest BCUT2D eigenvalue weighted by Gasteiger charge is 2.12. The molecule has 0 fully saturated rings. The van der Waals surface area contributed by atoms with Crippen molar-refractivity contribution in [3.05, 3.63) is 63.3 Å². The zero-order chi connectivity index (χ0) is 18.9. The fourth-order valence-electron chi connectivity index (χ4n) is 2.67. The van der Waals surface area contributed by atoms with Crippen LogP contribution < -0.4 is 10.3 Å². The number of hydrogen-bond donors (Lipinski definition) is 1. The monoisotopic (exact) mass is 354 g/mol. The molecule has 138 valence electrons. The molecule has 0 saturated heterocycles. The normalized spacial score (nSPS) is 11.0. The van der Waals surface area contributed by atoms with Gasteiger partial charge in [0.25, 0.3) is 5.56 Å². The molecule has 1 heterocycles. The Morgan fingerprint density at radius 1 is 1.15 bits per heavy atom. The molecule has 0 amide bonds. The predicted molar refractivity (Wildman–Crippen MR) is 104 cm³/mol. The minimum Gasteiger partial charge on any atom is -0.494 e. The van der Waals surface area contributed by atoms with Crippen LogP contribution in [0.5, 0.6) is 5.75 Å². The van der Waals surface area contributed by atoms with E-state index in [-0.39, 0.29) is 11.3 Å². The Balaban J connectivity index is 1.96. The molecule has 0 saturated carbocycles. The Morgan fingerprint density at radius 2 is 1.88 bits per heavy atom. The van der Waals surface area contributed by atoms with Crippen molar-refractivity contribution in [2.45, 2.75) is 46.5 Å². The quantitative estimate of drug-likeness (QED) is 0.415. The van der Waals surface area contributed by atoms with E-state index in [2.05, 4.69) is 16.9 Å². The molecule has 0 aliphatic heterocycles. The molecule has 0 aliphatic rings. The van der Waals surface area contributed by atoms with Crippen molar-refractivity contribution in [3.8, 4) is 5.75 Å². The van der Waals surface area contributed by atoms with Gasteiger partial charge in [-0.05, 0) is 44.0 Å². The van der Waals surface area contributed by atoms with Gasteiger partial charge in [-0.1, -0.05) is 44.4 Å². The number of ether oxygens (including phenoxy) is 1. The SMILES string of the molecule is CCCCCCOc1ccc(C=CC(=O)c2c(C)nc(C)[nH]c2=O)cc1. The smallest absolute Gasteiger partial charge is 0.262 e. The largest absolute Gasteiger partial charge is 0.494 e. The fourth-order valence-corrected chi connectivity index (χ4v) is 2.67. The second kappa shape index (κ2) is 9.70. The third-order valence-electron chi connectivity index (χ3n) is 4.04. The van der Waals surface area contributed by atoms with Gasteiger partial charge >= 0.3 is 0 Å². The summed E-state index contributed by atoms with van der Waals surface area (Å²) in [6, 6.07) is 7.54. The molecule has 26 heavy (non-hydrogen) atoms. The van der Waals surface area contributed by atoms with Crippen LogP contribution in [-0.4, -0.2) is 22.4 Å². The van der Waals surface area contributed by atoms with Crippen molar-refractivity contribution in [1.82, 2.24) is 9.97 Å². The van der Waals surface area contributed by atoms with Gasteiger partial charge in [0.2, 0.25) is 0 Å². The first kappa shape index (κ1) is 19.6. The molecule has 0 atom stereocenters. The second-order valence-electron chi connectivity index (χ2n) is 6.29. The summed E-state index contributed by atoms with van der Waals surface area (Å²) in [7, 11) is 0. The lowest BCUT2D eigenvalue weighted by molar-refractivity contribution is 0.104. The Bertz CT molecular complexity index is 820. The Kier molecular flexibility index (Phi) is 7.33. The summed E-state index contributed by atoms with van der Waals surface area (Å²) in [5, 5.41) is 0. The van der Waals surface area contributed by atoms with E-state index in [9.17, 15) is 9.59 Å². The summed E-state index contributed by atoms with van der Waals surface area (Å²) in [6.07, 6.45) is 7.78. The van der Waals surface area contributed by atoms with Crippen molar-refractivity contribution in [3.63, 3.8) is 0 Å². The van der Waals surface area contributed by atoms with Crippen LogP contribution >= 0.6 is 0 Å². The van der Waals surface area contributed by atoms with E-state index in [0.717, 1.165) is 24.3 Å². The van der Waals surface area contributed by atoms with Gasteiger partial charge in [-0.25, -0.2) is 4.98 Å². The lowest BCUT2D eigenvalue weighted by Gasteiger charge is -2.06. The lowest BCUT2D eigenvalue weighted by Crippen LogP contribution is -2.21. The number of aryl methyl sites for hydroxylation is 2. The first-order valence-corrected chi connectivity index (χ1v) is 9.04. The maximum atomic E-state index is 12.3. The van der Waals surface area contributed by atoms with E-state index >= 15 is 0 Å². The average Bonchev–Trinajstić information content (AvgIpc) is 2.60. The zero-order valence-corrected chi connectivity index (χ0v) is 15.7.